The summed E-state index contributed by atoms with van der Waals surface area (Å²) in [5, 5.41) is 0.668. The molecule has 5 nitrogen and oxygen atoms in total. The van der Waals surface area contributed by atoms with E-state index in [-0.39, 0.29) is 18.3 Å². The van der Waals surface area contributed by atoms with Gasteiger partial charge in [0.1, 0.15) is 5.72 Å². The highest BCUT2D eigenvalue weighted by Gasteiger charge is 2.46. The second-order valence-corrected chi connectivity index (χ2v) is 6.84. The normalized spacial score (nSPS) is 20.1. The van der Waals surface area contributed by atoms with Crippen LogP contribution in [0.5, 0.6) is 5.75 Å². The molecule has 1 aromatic rings. The predicted octanol–water partition coefficient (Wildman–Crippen LogP) is 3.32. The lowest BCUT2D eigenvalue weighted by Gasteiger charge is -2.42. The molecule has 3 rings (SSSR count). The van der Waals surface area contributed by atoms with Crippen LogP contribution < -0.4 is 4.74 Å². The average molecular weight is 396 g/mol. The van der Waals surface area contributed by atoms with Gasteiger partial charge in [-0.25, -0.2) is 0 Å². The number of hydrogen-bond acceptors (Lipinski definition) is 4. The highest BCUT2D eigenvalue weighted by atomic mass is 35.5. The number of amides is 1. The number of carbonyl (C=O) groups is 1. The summed E-state index contributed by atoms with van der Waals surface area (Å²) >= 11 is 12.3. The summed E-state index contributed by atoms with van der Waals surface area (Å²) in [5.74, 6) is 0.287. The largest absolute Gasteiger partial charge is 0.494 e. The molecule has 0 unspecified atom stereocenters. The SMILES string of the molecule is COc1c(Cl)cc(C(=O)N2CCOC23CCN(C)CC3)cc1Cl.Cl. The third-order valence-electron chi connectivity index (χ3n) is 4.64. The molecule has 24 heavy (non-hydrogen) atoms. The molecule has 1 spiro atoms. The lowest BCUT2D eigenvalue weighted by atomic mass is 9.98. The van der Waals surface area contributed by atoms with Crippen LogP contribution >= 0.6 is 35.6 Å². The van der Waals surface area contributed by atoms with Crippen molar-refractivity contribution in [2.24, 2.45) is 0 Å². The molecule has 0 aliphatic carbocycles. The average Bonchev–Trinajstić information content (AvgIpc) is 2.93. The summed E-state index contributed by atoms with van der Waals surface area (Å²) < 4.78 is 11.1. The van der Waals surface area contributed by atoms with Gasteiger partial charge in [0, 0.05) is 38.0 Å². The van der Waals surface area contributed by atoms with Crippen molar-refractivity contribution >= 4 is 41.5 Å². The molecule has 0 atom stereocenters. The first-order valence-corrected chi connectivity index (χ1v) is 8.40. The van der Waals surface area contributed by atoms with Gasteiger partial charge < -0.3 is 19.3 Å². The molecule has 0 bridgehead atoms. The lowest BCUT2D eigenvalue weighted by Crippen LogP contribution is -2.54. The number of hydrogen-bond donors (Lipinski definition) is 0. The fraction of sp³-hybridized carbons (Fsp3) is 0.562. The van der Waals surface area contributed by atoms with Crippen LogP contribution in [0.2, 0.25) is 10.0 Å². The van der Waals surface area contributed by atoms with E-state index in [4.69, 9.17) is 32.7 Å². The van der Waals surface area contributed by atoms with E-state index in [0.717, 1.165) is 25.9 Å². The number of ether oxygens (including phenoxy) is 2. The quantitative estimate of drug-likeness (QED) is 0.770. The molecule has 2 saturated heterocycles. The zero-order valence-corrected chi connectivity index (χ0v) is 16.0. The number of methoxy groups -OCH3 is 1. The van der Waals surface area contributed by atoms with E-state index >= 15 is 0 Å². The number of halogens is 3. The number of likely N-dealkylation sites (tertiary alicyclic amines) is 1. The van der Waals surface area contributed by atoms with Crippen LogP contribution in [0.15, 0.2) is 12.1 Å². The van der Waals surface area contributed by atoms with Crippen molar-refractivity contribution in [2.45, 2.75) is 18.6 Å². The predicted molar refractivity (Wildman–Crippen MR) is 96.7 cm³/mol. The fourth-order valence-corrected chi connectivity index (χ4v) is 3.95. The molecule has 2 aliphatic heterocycles. The minimum absolute atomic E-state index is 0. The molecule has 2 fully saturated rings. The van der Waals surface area contributed by atoms with Crippen LogP contribution in [0.1, 0.15) is 23.2 Å². The molecular formula is C16H21Cl3N2O3. The second-order valence-electron chi connectivity index (χ2n) is 6.03. The third-order valence-corrected chi connectivity index (χ3v) is 5.20. The molecule has 2 aliphatic rings. The monoisotopic (exact) mass is 394 g/mol. The Kier molecular flexibility index (Phi) is 6.26. The van der Waals surface area contributed by atoms with Crippen molar-refractivity contribution < 1.29 is 14.3 Å². The lowest BCUT2D eigenvalue weighted by molar-refractivity contribution is -0.102. The zero-order valence-electron chi connectivity index (χ0n) is 13.7. The van der Waals surface area contributed by atoms with Gasteiger partial charge in [-0.1, -0.05) is 23.2 Å². The van der Waals surface area contributed by atoms with Crippen LogP contribution in [0.3, 0.4) is 0 Å². The first-order valence-electron chi connectivity index (χ1n) is 7.64. The van der Waals surface area contributed by atoms with Crippen molar-refractivity contribution in [3.63, 3.8) is 0 Å². The van der Waals surface area contributed by atoms with Gasteiger partial charge >= 0.3 is 0 Å². The summed E-state index contributed by atoms with van der Waals surface area (Å²) in [6.07, 6.45) is 1.62. The summed E-state index contributed by atoms with van der Waals surface area (Å²) in [4.78, 5) is 17.1. The smallest absolute Gasteiger partial charge is 0.256 e. The Morgan fingerprint density at radius 2 is 1.79 bits per heavy atom. The Morgan fingerprint density at radius 1 is 1.21 bits per heavy atom. The van der Waals surface area contributed by atoms with Crippen molar-refractivity contribution in [3.8, 4) is 5.75 Å². The summed E-state index contributed by atoms with van der Waals surface area (Å²) in [5.41, 5.74) is -0.0350. The van der Waals surface area contributed by atoms with Gasteiger partial charge in [0.05, 0.1) is 23.8 Å². The van der Waals surface area contributed by atoms with Gasteiger partial charge in [0.15, 0.2) is 5.75 Å². The van der Waals surface area contributed by atoms with Gasteiger partial charge in [-0.2, -0.15) is 0 Å². The van der Waals surface area contributed by atoms with Crippen molar-refractivity contribution in [3.05, 3.63) is 27.7 Å². The van der Waals surface area contributed by atoms with Gasteiger partial charge in [-0.05, 0) is 19.2 Å². The number of rotatable bonds is 2. The summed E-state index contributed by atoms with van der Waals surface area (Å²) in [6.45, 7) is 2.97. The van der Waals surface area contributed by atoms with E-state index in [1.54, 1.807) is 12.1 Å². The fourth-order valence-electron chi connectivity index (χ4n) is 3.31. The molecule has 1 amide bonds. The Labute approximate surface area is 158 Å². The zero-order chi connectivity index (χ0) is 16.6. The minimum atomic E-state index is -0.498. The molecule has 1 aromatic carbocycles. The number of carbonyl (C=O) groups excluding carboxylic acids is 1. The Morgan fingerprint density at radius 3 is 2.33 bits per heavy atom. The standard InChI is InChI=1S/C16H20Cl2N2O3.ClH/c1-19-5-3-16(4-6-19)20(7-8-23-16)15(21)11-9-12(17)14(22-2)13(18)10-11;/h9-10H,3-8H2,1-2H3;1H. The molecule has 2 heterocycles. The Hall–Kier alpha value is -0.720. The van der Waals surface area contributed by atoms with E-state index in [9.17, 15) is 4.79 Å². The van der Waals surface area contributed by atoms with E-state index in [2.05, 4.69) is 11.9 Å². The highest BCUT2D eigenvalue weighted by Crippen LogP contribution is 2.38. The molecule has 0 N–H and O–H groups in total. The van der Waals surface area contributed by atoms with Gasteiger partial charge in [-0.15, -0.1) is 12.4 Å². The van der Waals surface area contributed by atoms with Crippen LogP contribution in [0, 0.1) is 0 Å². The van der Waals surface area contributed by atoms with Gasteiger partial charge in [0.25, 0.3) is 5.91 Å². The Bertz CT molecular complexity index is 596. The second kappa shape index (κ2) is 7.67. The van der Waals surface area contributed by atoms with Crippen LogP contribution in [-0.2, 0) is 4.74 Å². The van der Waals surface area contributed by atoms with Gasteiger partial charge in [-0.3, -0.25) is 4.79 Å². The summed E-state index contributed by atoms with van der Waals surface area (Å²) in [6, 6.07) is 3.21. The van der Waals surface area contributed by atoms with Crippen molar-refractivity contribution in [1.29, 1.82) is 0 Å². The maximum atomic E-state index is 13.0. The topological polar surface area (TPSA) is 42.0 Å². The maximum absolute atomic E-state index is 13.0. The first-order chi connectivity index (χ1) is 11.0. The molecule has 0 radical (unpaired) electrons. The maximum Gasteiger partial charge on any atom is 0.256 e. The number of nitrogens with zero attached hydrogens (tertiary/aromatic N) is 2. The van der Waals surface area contributed by atoms with E-state index < -0.39 is 5.72 Å². The first kappa shape index (κ1) is 19.6. The van der Waals surface area contributed by atoms with Crippen LogP contribution in [-0.4, -0.2) is 61.8 Å². The van der Waals surface area contributed by atoms with E-state index in [1.807, 2.05) is 4.90 Å². The Balaban J connectivity index is 0.00000208. The van der Waals surface area contributed by atoms with Crippen LogP contribution in [0.4, 0.5) is 0 Å². The molecular weight excluding hydrogens is 375 g/mol. The van der Waals surface area contributed by atoms with E-state index in [0.29, 0.717) is 34.5 Å². The summed E-state index contributed by atoms with van der Waals surface area (Å²) in [7, 11) is 3.58. The van der Waals surface area contributed by atoms with Crippen LogP contribution in [0.25, 0.3) is 0 Å². The third kappa shape index (κ3) is 3.46. The number of benzene rings is 1. The van der Waals surface area contributed by atoms with Crippen molar-refractivity contribution in [1.82, 2.24) is 9.80 Å². The van der Waals surface area contributed by atoms with Crippen molar-refractivity contribution in [2.75, 3.05) is 40.4 Å². The highest BCUT2D eigenvalue weighted by molar-refractivity contribution is 6.37. The van der Waals surface area contributed by atoms with E-state index in [1.165, 1.54) is 7.11 Å². The molecule has 0 aromatic heterocycles. The minimum Gasteiger partial charge on any atom is -0.494 e. The molecule has 8 heteroatoms. The van der Waals surface area contributed by atoms with Gasteiger partial charge in [0.2, 0.25) is 0 Å². The molecule has 0 saturated carbocycles. The number of piperidine rings is 1. The molecule has 134 valence electrons.